The van der Waals surface area contributed by atoms with Crippen molar-refractivity contribution < 1.29 is 19.3 Å². The highest BCUT2D eigenvalue weighted by Crippen LogP contribution is 2.05. The zero-order chi connectivity index (χ0) is 13.2. The Morgan fingerprint density at radius 2 is 1.67 bits per heavy atom. The molecule has 0 spiro atoms. The third-order valence-electron chi connectivity index (χ3n) is 2.38. The maximum Gasteiger partial charge on any atom is 0.185 e. The molecule has 0 heterocycles. The van der Waals surface area contributed by atoms with Gasteiger partial charge in [0.1, 0.15) is 6.10 Å². The molecule has 0 aliphatic carbocycles. The summed E-state index contributed by atoms with van der Waals surface area (Å²) in [6, 6.07) is 9.83. The van der Waals surface area contributed by atoms with Gasteiger partial charge in [-0.3, -0.25) is 0 Å². The van der Waals surface area contributed by atoms with Gasteiger partial charge >= 0.3 is 0 Å². The topological polar surface area (TPSA) is 47.9 Å². The maximum absolute atomic E-state index is 9.87. The molecule has 0 unspecified atom stereocenters. The van der Waals surface area contributed by atoms with E-state index >= 15 is 0 Å². The summed E-state index contributed by atoms with van der Waals surface area (Å²) in [5, 5.41) is 9.87. The summed E-state index contributed by atoms with van der Waals surface area (Å²) < 4.78 is 16.0. The summed E-state index contributed by atoms with van der Waals surface area (Å²) in [5.41, 5.74) is 1.08. The maximum atomic E-state index is 9.87. The molecule has 0 radical (unpaired) electrons. The number of aliphatic hydroxyl groups excluding tert-OH is 1. The zero-order valence-electron chi connectivity index (χ0n) is 11.0. The molecule has 0 aromatic heterocycles. The molecule has 102 valence electrons. The number of hydrogen-bond acceptors (Lipinski definition) is 4. The predicted molar refractivity (Wildman–Crippen MR) is 69.1 cm³/mol. The monoisotopic (exact) mass is 254 g/mol. The molecule has 0 fully saturated rings. The van der Waals surface area contributed by atoms with Crippen molar-refractivity contribution in [3.63, 3.8) is 0 Å². The first-order valence-electron chi connectivity index (χ1n) is 6.30. The molecule has 18 heavy (non-hydrogen) atoms. The Kier molecular flexibility index (Phi) is 7.60. The lowest BCUT2D eigenvalue weighted by atomic mass is 10.2. The number of aliphatic hydroxyl groups is 1. The van der Waals surface area contributed by atoms with Gasteiger partial charge < -0.3 is 19.3 Å². The molecule has 4 nitrogen and oxygen atoms in total. The molecular formula is C14H22O4. The van der Waals surface area contributed by atoms with Gasteiger partial charge in [0, 0.05) is 13.2 Å². The van der Waals surface area contributed by atoms with Crippen LogP contribution in [0.2, 0.25) is 0 Å². The molecule has 0 saturated carbocycles. The van der Waals surface area contributed by atoms with E-state index in [4.69, 9.17) is 14.2 Å². The molecular weight excluding hydrogens is 232 g/mol. The van der Waals surface area contributed by atoms with Crippen LogP contribution in [0.1, 0.15) is 19.4 Å². The first-order chi connectivity index (χ1) is 8.77. The minimum absolute atomic E-state index is 0.194. The summed E-state index contributed by atoms with van der Waals surface area (Å²) in [6.45, 7) is 5.40. The molecule has 1 rings (SSSR count). The summed E-state index contributed by atoms with van der Waals surface area (Å²) in [7, 11) is 0. The average molecular weight is 254 g/mol. The van der Waals surface area contributed by atoms with E-state index in [1.165, 1.54) is 0 Å². The fourth-order valence-electron chi connectivity index (χ4n) is 1.55. The normalized spacial score (nSPS) is 12.9. The van der Waals surface area contributed by atoms with Gasteiger partial charge in [-0.05, 0) is 19.4 Å². The first kappa shape index (κ1) is 15.1. The van der Waals surface area contributed by atoms with E-state index in [2.05, 4.69) is 0 Å². The highest BCUT2D eigenvalue weighted by Gasteiger charge is 2.19. The van der Waals surface area contributed by atoms with Crippen molar-refractivity contribution in [3.05, 3.63) is 35.9 Å². The van der Waals surface area contributed by atoms with Gasteiger partial charge in [-0.1, -0.05) is 30.3 Å². The van der Waals surface area contributed by atoms with Gasteiger partial charge in [-0.15, -0.1) is 0 Å². The lowest BCUT2D eigenvalue weighted by Crippen LogP contribution is -2.35. The average Bonchev–Trinajstić information content (AvgIpc) is 2.39. The third-order valence-corrected chi connectivity index (χ3v) is 2.38. The van der Waals surface area contributed by atoms with Crippen molar-refractivity contribution in [3.8, 4) is 0 Å². The van der Waals surface area contributed by atoms with Gasteiger partial charge in [0.15, 0.2) is 6.29 Å². The lowest BCUT2D eigenvalue weighted by molar-refractivity contribution is -0.201. The Morgan fingerprint density at radius 3 is 2.22 bits per heavy atom. The third kappa shape index (κ3) is 5.60. The Bertz CT molecular complexity index is 296. The molecule has 0 saturated heterocycles. The fraction of sp³-hybridized carbons (Fsp3) is 0.571. The Hall–Kier alpha value is -0.940. The number of hydrogen-bond donors (Lipinski definition) is 1. The largest absolute Gasteiger partial charge is 0.385 e. The molecule has 0 aliphatic heterocycles. The summed E-state index contributed by atoms with van der Waals surface area (Å²) in [4.78, 5) is 0. The summed E-state index contributed by atoms with van der Waals surface area (Å²) in [5.74, 6) is 0. The molecule has 0 amide bonds. The Labute approximate surface area is 108 Å². The van der Waals surface area contributed by atoms with Gasteiger partial charge in [-0.2, -0.15) is 0 Å². The van der Waals surface area contributed by atoms with Crippen LogP contribution in [-0.2, 0) is 20.8 Å². The van der Waals surface area contributed by atoms with Crippen molar-refractivity contribution in [2.24, 2.45) is 0 Å². The summed E-state index contributed by atoms with van der Waals surface area (Å²) >= 11 is 0. The van der Waals surface area contributed by atoms with Crippen LogP contribution in [0.4, 0.5) is 0 Å². The highest BCUT2D eigenvalue weighted by atomic mass is 16.7. The van der Waals surface area contributed by atoms with Crippen LogP contribution in [0.15, 0.2) is 30.3 Å². The molecule has 1 aromatic rings. The van der Waals surface area contributed by atoms with E-state index in [0.29, 0.717) is 19.8 Å². The van der Waals surface area contributed by atoms with Gasteiger partial charge in [0.25, 0.3) is 0 Å². The van der Waals surface area contributed by atoms with Crippen LogP contribution in [0.3, 0.4) is 0 Å². The van der Waals surface area contributed by atoms with Crippen molar-refractivity contribution in [2.75, 3.05) is 19.8 Å². The summed E-state index contributed by atoms with van der Waals surface area (Å²) in [6.07, 6.45) is -1.38. The van der Waals surface area contributed by atoms with E-state index in [1.54, 1.807) is 0 Å². The smallest absolute Gasteiger partial charge is 0.185 e. The van der Waals surface area contributed by atoms with Gasteiger partial charge in [0.05, 0.1) is 13.2 Å². The van der Waals surface area contributed by atoms with Crippen molar-refractivity contribution in [1.82, 2.24) is 0 Å². The van der Waals surface area contributed by atoms with E-state index in [1.807, 2.05) is 44.2 Å². The second-order valence-corrected chi connectivity index (χ2v) is 3.85. The van der Waals surface area contributed by atoms with E-state index in [-0.39, 0.29) is 6.61 Å². The first-order valence-corrected chi connectivity index (χ1v) is 6.30. The van der Waals surface area contributed by atoms with E-state index in [0.717, 1.165) is 5.56 Å². The van der Waals surface area contributed by atoms with Gasteiger partial charge in [0.2, 0.25) is 0 Å². The van der Waals surface area contributed by atoms with Crippen LogP contribution in [-0.4, -0.2) is 37.3 Å². The molecule has 0 aliphatic rings. The quantitative estimate of drug-likeness (QED) is 0.684. The molecule has 1 atom stereocenters. The molecule has 0 bridgehead atoms. The molecule has 1 N–H and O–H groups in total. The van der Waals surface area contributed by atoms with E-state index in [9.17, 15) is 5.11 Å². The second kappa shape index (κ2) is 9.05. The zero-order valence-corrected chi connectivity index (χ0v) is 11.0. The van der Waals surface area contributed by atoms with Gasteiger partial charge in [-0.25, -0.2) is 0 Å². The lowest BCUT2D eigenvalue weighted by Gasteiger charge is -2.22. The second-order valence-electron chi connectivity index (χ2n) is 3.85. The van der Waals surface area contributed by atoms with Crippen LogP contribution in [0.5, 0.6) is 0 Å². The standard InChI is InChI=1S/C14H22O4/c1-3-17-14(18-4-2)13(15)11-16-10-12-8-6-5-7-9-12/h5-9,13-15H,3-4,10-11H2,1-2H3/t13-/m1/s1. The van der Waals surface area contributed by atoms with Crippen molar-refractivity contribution in [2.45, 2.75) is 32.8 Å². The Morgan fingerprint density at radius 1 is 1.06 bits per heavy atom. The number of rotatable bonds is 9. The van der Waals surface area contributed by atoms with Crippen molar-refractivity contribution >= 4 is 0 Å². The highest BCUT2D eigenvalue weighted by molar-refractivity contribution is 5.13. The predicted octanol–water partition coefficient (Wildman–Crippen LogP) is 1.96. The van der Waals surface area contributed by atoms with Crippen LogP contribution in [0, 0.1) is 0 Å². The molecule has 4 heteroatoms. The minimum Gasteiger partial charge on any atom is -0.385 e. The van der Waals surface area contributed by atoms with Crippen LogP contribution in [0.25, 0.3) is 0 Å². The minimum atomic E-state index is -0.770. The fourth-order valence-corrected chi connectivity index (χ4v) is 1.55. The van der Waals surface area contributed by atoms with Crippen LogP contribution < -0.4 is 0 Å². The Balaban J connectivity index is 2.28. The van der Waals surface area contributed by atoms with Crippen molar-refractivity contribution in [1.29, 1.82) is 0 Å². The number of benzene rings is 1. The van der Waals surface area contributed by atoms with Crippen LogP contribution >= 0.6 is 0 Å². The SMILES string of the molecule is CCOC(OCC)[C@H](O)COCc1ccccc1. The molecule has 1 aromatic carbocycles. The number of ether oxygens (including phenoxy) is 3. The van der Waals surface area contributed by atoms with E-state index < -0.39 is 12.4 Å².